The fourth-order valence-electron chi connectivity index (χ4n) is 3.41. The number of Topliss-reactive ketones (excluding diaryl/α,β-unsaturated/α-hetero) is 1. The zero-order valence-corrected chi connectivity index (χ0v) is 18.6. The second-order valence-electron chi connectivity index (χ2n) is 7.68. The van der Waals surface area contributed by atoms with Gasteiger partial charge in [-0.3, -0.25) is 14.6 Å². The molecule has 178 valence electrons. The van der Waals surface area contributed by atoms with Crippen LogP contribution in [0, 0.1) is 0 Å². The fraction of sp³-hybridized carbons (Fsp3) is 0.160. The standard InChI is InChI=1S/C25H20F3N5O2/c1-2-5-21(34)16-6-3-7-17(12-16)24(35)31-23-10-9-19(15-30-23)33-22(25(26,27)28)13-20(32-33)18-8-4-11-29-14-18/h3-4,6-15H,2,5H2,1H3,(H,30,31,35). The van der Waals surface area contributed by atoms with Crippen molar-refractivity contribution in [3.8, 4) is 16.9 Å². The lowest BCUT2D eigenvalue weighted by Crippen LogP contribution is -2.15. The van der Waals surface area contributed by atoms with Crippen LogP contribution in [0.4, 0.5) is 19.0 Å². The van der Waals surface area contributed by atoms with Crippen LogP contribution in [-0.4, -0.2) is 31.4 Å². The SMILES string of the molecule is CCCC(=O)c1cccc(C(=O)Nc2ccc(-n3nc(-c4cccnc4)cc3C(F)(F)F)cn2)c1. The number of hydrogen-bond acceptors (Lipinski definition) is 5. The highest BCUT2D eigenvalue weighted by Gasteiger charge is 2.36. The van der Waals surface area contributed by atoms with Crippen molar-refractivity contribution in [1.29, 1.82) is 0 Å². The third kappa shape index (κ3) is 5.43. The molecule has 3 heterocycles. The predicted molar refractivity (Wildman–Crippen MR) is 123 cm³/mol. The fourth-order valence-corrected chi connectivity index (χ4v) is 3.41. The van der Waals surface area contributed by atoms with Crippen molar-refractivity contribution in [2.45, 2.75) is 25.9 Å². The molecule has 35 heavy (non-hydrogen) atoms. The minimum absolute atomic E-state index is 0.0602. The van der Waals surface area contributed by atoms with Gasteiger partial charge in [-0.05, 0) is 48.9 Å². The maximum absolute atomic E-state index is 13.7. The Kier molecular flexibility index (Phi) is 6.72. The summed E-state index contributed by atoms with van der Waals surface area (Å²) in [5.74, 6) is -0.419. The summed E-state index contributed by atoms with van der Waals surface area (Å²) in [6.07, 6.45) is 0.550. The monoisotopic (exact) mass is 479 g/mol. The lowest BCUT2D eigenvalue weighted by atomic mass is 10.0. The van der Waals surface area contributed by atoms with Gasteiger partial charge in [0.2, 0.25) is 0 Å². The van der Waals surface area contributed by atoms with E-state index in [1.54, 1.807) is 30.3 Å². The molecular formula is C25H20F3N5O2. The predicted octanol–water partition coefficient (Wildman–Crippen LogP) is 5.58. The average Bonchev–Trinajstić information content (AvgIpc) is 3.32. The molecule has 0 saturated carbocycles. The van der Waals surface area contributed by atoms with E-state index in [-0.39, 0.29) is 28.5 Å². The maximum atomic E-state index is 13.7. The van der Waals surface area contributed by atoms with E-state index in [9.17, 15) is 22.8 Å². The number of pyridine rings is 2. The first-order valence-corrected chi connectivity index (χ1v) is 10.7. The summed E-state index contributed by atoms with van der Waals surface area (Å²) in [6.45, 7) is 1.89. The third-order valence-corrected chi connectivity index (χ3v) is 5.11. The summed E-state index contributed by atoms with van der Waals surface area (Å²) >= 11 is 0. The molecule has 0 aliphatic heterocycles. The summed E-state index contributed by atoms with van der Waals surface area (Å²) in [4.78, 5) is 32.7. The number of benzene rings is 1. The normalized spacial score (nSPS) is 11.3. The zero-order valence-electron chi connectivity index (χ0n) is 18.6. The molecule has 0 unspecified atom stereocenters. The molecule has 10 heteroatoms. The van der Waals surface area contributed by atoms with E-state index in [1.165, 1.54) is 36.8 Å². The van der Waals surface area contributed by atoms with Gasteiger partial charge in [-0.2, -0.15) is 18.3 Å². The number of carbonyl (C=O) groups excluding carboxylic acids is 2. The lowest BCUT2D eigenvalue weighted by Gasteiger charge is -2.11. The van der Waals surface area contributed by atoms with Crippen LogP contribution in [0.1, 0.15) is 46.2 Å². The van der Waals surface area contributed by atoms with Gasteiger partial charge >= 0.3 is 6.18 Å². The van der Waals surface area contributed by atoms with Crippen LogP contribution in [0.25, 0.3) is 16.9 Å². The molecule has 0 aliphatic rings. The van der Waals surface area contributed by atoms with Crippen LogP contribution in [0.15, 0.2) is 73.2 Å². The smallest absolute Gasteiger partial charge is 0.307 e. The van der Waals surface area contributed by atoms with Crippen molar-refractivity contribution in [2.75, 3.05) is 5.32 Å². The number of nitrogens with zero attached hydrogens (tertiary/aromatic N) is 4. The van der Waals surface area contributed by atoms with Gasteiger partial charge in [-0.1, -0.05) is 19.1 Å². The van der Waals surface area contributed by atoms with Gasteiger partial charge in [0.15, 0.2) is 5.78 Å². The summed E-state index contributed by atoms with van der Waals surface area (Å²) in [7, 11) is 0. The van der Waals surface area contributed by atoms with Crippen LogP contribution in [0.5, 0.6) is 0 Å². The van der Waals surface area contributed by atoms with Gasteiger partial charge in [0.05, 0.1) is 17.6 Å². The summed E-state index contributed by atoms with van der Waals surface area (Å²) in [6, 6.07) is 13.2. The lowest BCUT2D eigenvalue weighted by molar-refractivity contribution is -0.142. The van der Waals surface area contributed by atoms with E-state index in [0.717, 1.165) is 10.7 Å². The zero-order chi connectivity index (χ0) is 25.0. The van der Waals surface area contributed by atoms with E-state index in [0.29, 0.717) is 24.0 Å². The van der Waals surface area contributed by atoms with Gasteiger partial charge in [-0.15, -0.1) is 0 Å². The third-order valence-electron chi connectivity index (χ3n) is 5.11. The van der Waals surface area contributed by atoms with Gasteiger partial charge in [0.1, 0.15) is 11.5 Å². The Morgan fingerprint density at radius 2 is 1.80 bits per heavy atom. The first-order chi connectivity index (χ1) is 16.8. The Morgan fingerprint density at radius 3 is 2.46 bits per heavy atom. The van der Waals surface area contributed by atoms with E-state index in [1.807, 2.05) is 6.92 Å². The number of alkyl halides is 3. The summed E-state index contributed by atoms with van der Waals surface area (Å²) in [5.41, 5.74) is 0.352. The molecule has 4 rings (SSSR count). The number of nitrogens with one attached hydrogen (secondary N) is 1. The molecule has 0 fully saturated rings. The van der Waals surface area contributed by atoms with E-state index >= 15 is 0 Å². The molecule has 3 aromatic heterocycles. The van der Waals surface area contributed by atoms with Crippen LogP contribution in [-0.2, 0) is 6.18 Å². The van der Waals surface area contributed by atoms with Crippen molar-refractivity contribution >= 4 is 17.5 Å². The number of ketones is 1. The minimum Gasteiger partial charge on any atom is -0.307 e. The molecule has 1 aromatic carbocycles. The van der Waals surface area contributed by atoms with Crippen molar-refractivity contribution < 1.29 is 22.8 Å². The molecule has 0 aliphatic carbocycles. The Labute approximate surface area is 198 Å². The van der Waals surface area contributed by atoms with E-state index in [4.69, 9.17) is 0 Å². The maximum Gasteiger partial charge on any atom is 0.433 e. The molecule has 0 bridgehead atoms. The molecule has 0 atom stereocenters. The van der Waals surface area contributed by atoms with Crippen LogP contribution in [0.2, 0.25) is 0 Å². The number of rotatable bonds is 7. The number of amides is 1. The minimum atomic E-state index is -4.65. The van der Waals surface area contributed by atoms with Gasteiger partial charge in [0.25, 0.3) is 5.91 Å². The van der Waals surface area contributed by atoms with Crippen molar-refractivity contribution in [1.82, 2.24) is 19.7 Å². The average molecular weight is 479 g/mol. The first-order valence-electron chi connectivity index (χ1n) is 10.7. The summed E-state index contributed by atoms with van der Waals surface area (Å²) < 4.78 is 41.7. The molecule has 0 radical (unpaired) electrons. The van der Waals surface area contributed by atoms with Crippen molar-refractivity contribution in [3.63, 3.8) is 0 Å². The highest BCUT2D eigenvalue weighted by molar-refractivity contribution is 6.06. The van der Waals surface area contributed by atoms with Gasteiger partial charge in [-0.25, -0.2) is 9.67 Å². The quantitative estimate of drug-likeness (QED) is 0.350. The van der Waals surface area contributed by atoms with E-state index < -0.39 is 17.8 Å². The number of halogens is 3. The molecule has 0 spiro atoms. The Morgan fingerprint density at radius 1 is 1.00 bits per heavy atom. The molecule has 0 saturated heterocycles. The molecule has 7 nitrogen and oxygen atoms in total. The van der Waals surface area contributed by atoms with Crippen molar-refractivity contribution in [2.24, 2.45) is 0 Å². The Balaban J connectivity index is 1.57. The van der Waals surface area contributed by atoms with Crippen LogP contribution in [0.3, 0.4) is 0 Å². The molecule has 1 amide bonds. The highest BCUT2D eigenvalue weighted by Crippen LogP contribution is 2.34. The van der Waals surface area contributed by atoms with Crippen LogP contribution < -0.4 is 5.32 Å². The highest BCUT2D eigenvalue weighted by atomic mass is 19.4. The largest absolute Gasteiger partial charge is 0.433 e. The van der Waals surface area contributed by atoms with Gasteiger partial charge in [0, 0.05) is 35.5 Å². The Bertz CT molecular complexity index is 1350. The Hall–Kier alpha value is -4.34. The number of hydrogen-bond donors (Lipinski definition) is 1. The number of carbonyl (C=O) groups is 2. The second-order valence-corrected chi connectivity index (χ2v) is 7.68. The topological polar surface area (TPSA) is 89.8 Å². The second kappa shape index (κ2) is 9.88. The van der Waals surface area contributed by atoms with E-state index in [2.05, 4.69) is 20.4 Å². The first kappa shape index (κ1) is 23.8. The van der Waals surface area contributed by atoms with Gasteiger partial charge < -0.3 is 5.32 Å². The van der Waals surface area contributed by atoms with Crippen molar-refractivity contribution in [3.05, 3.63) is 90.0 Å². The number of aromatic nitrogens is 4. The summed E-state index contributed by atoms with van der Waals surface area (Å²) in [5, 5.41) is 6.68. The number of anilines is 1. The van der Waals surface area contributed by atoms with Crippen LogP contribution >= 0.6 is 0 Å². The molecule has 4 aromatic rings. The molecule has 1 N–H and O–H groups in total. The molecular weight excluding hydrogens is 459 g/mol.